The Morgan fingerprint density at radius 2 is 1.00 bits per heavy atom. The minimum Gasteiger partial charge on any atom is -0.368 e. The summed E-state index contributed by atoms with van der Waals surface area (Å²) in [6.45, 7) is 0.140. The number of phosphoric acid groups is 1. The third-order valence-corrected chi connectivity index (χ3v) is 4.39. The third kappa shape index (κ3) is 22.0. The molecular formula is C16H35O6P. The molecule has 0 amide bonds. The van der Waals surface area contributed by atoms with Gasteiger partial charge < -0.3 is 20.0 Å². The van der Waals surface area contributed by atoms with E-state index < -0.39 is 14.1 Å². The molecule has 0 aliphatic heterocycles. The predicted molar refractivity (Wildman–Crippen MR) is 90.9 cm³/mol. The van der Waals surface area contributed by atoms with Gasteiger partial charge in [0.1, 0.15) is 0 Å². The molecule has 6 nitrogen and oxygen atoms in total. The lowest BCUT2D eigenvalue weighted by Gasteiger charge is -2.05. The van der Waals surface area contributed by atoms with Gasteiger partial charge in [0.05, 0.1) is 6.61 Å². The van der Waals surface area contributed by atoms with Gasteiger partial charge in [0, 0.05) is 0 Å². The van der Waals surface area contributed by atoms with Crippen LogP contribution in [0.2, 0.25) is 0 Å². The van der Waals surface area contributed by atoms with E-state index in [0.717, 1.165) is 25.7 Å². The number of unbranched alkanes of at least 4 members (excludes halogenated alkanes) is 12. The van der Waals surface area contributed by atoms with Crippen molar-refractivity contribution < 1.29 is 29.1 Å². The van der Waals surface area contributed by atoms with Gasteiger partial charge in [-0.15, -0.1) is 0 Å². The number of phosphoric ester groups is 1. The van der Waals surface area contributed by atoms with E-state index in [-0.39, 0.29) is 6.61 Å². The van der Waals surface area contributed by atoms with Gasteiger partial charge in [-0.05, 0) is 19.3 Å². The Balaban J connectivity index is 3.04. The molecular weight excluding hydrogens is 319 g/mol. The van der Waals surface area contributed by atoms with E-state index in [1.165, 1.54) is 51.4 Å². The van der Waals surface area contributed by atoms with Gasteiger partial charge in [-0.1, -0.05) is 70.6 Å². The van der Waals surface area contributed by atoms with Gasteiger partial charge in [0.15, 0.2) is 6.29 Å². The SMILES string of the molecule is O=P(O)(O)OCCCCCCCCCCCCCCCC(O)O. The molecule has 0 fully saturated rings. The van der Waals surface area contributed by atoms with E-state index in [1.807, 2.05) is 0 Å². The minimum absolute atomic E-state index is 0.140. The van der Waals surface area contributed by atoms with Crippen LogP contribution in [0.15, 0.2) is 0 Å². The van der Waals surface area contributed by atoms with Gasteiger partial charge in [-0.2, -0.15) is 0 Å². The average molecular weight is 354 g/mol. The molecule has 0 radical (unpaired) electrons. The molecule has 0 aliphatic rings. The van der Waals surface area contributed by atoms with Gasteiger partial charge in [0.2, 0.25) is 0 Å². The molecule has 0 saturated heterocycles. The number of hydrogen-bond acceptors (Lipinski definition) is 4. The lowest BCUT2D eigenvalue weighted by Crippen LogP contribution is -2.02. The highest BCUT2D eigenvalue weighted by molar-refractivity contribution is 7.46. The Bertz CT molecular complexity index is 292. The topological polar surface area (TPSA) is 107 Å². The zero-order chi connectivity index (χ0) is 17.4. The van der Waals surface area contributed by atoms with Crippen molar-refractivity contribution in [3.63, 3.8) is 0 Å². The van der Waals surface area contributed by atoms with Crippen molar-refractivity contribution in [2.75, 3.05) is 6.61 Å². The first kappa shape index (κ1) is 23.0. The largest absolute Gasteiger partial charge is 0.469 e. The highest BCUT2D eigenvalue weighted by Gasteiger charge is 2.12. The summed E-state index contributed by atoms with van der Waals surface area (Å²) >= 11 is 0. The summed E-state index contributed by atoms with van der Waals surface area (Å²) in [5.74, 6) is 0. The van der Waals surface area contributed by atoms with Crippen molar-refractivity contribution in [2.24, 2.45) is 0 Å². The van der Waals surface area contributed by atoms with E-state index in [9.17, 15) is 4.57 Å². The Labute approximate surface area is 140 Å². The first-order chi connectivity index (χ1) is 10.9. The first-order valence-corrected chi connectivity index (χ1v) is 10.5. The van der Waals surface area contributed by atoms with E-state index >= 15 is 0 Å². The summed E-state index contributed by atoms with van der Waals surface area (Å²) in [4.78, 5) is 17.0. The Kier molecular flexibility index (Phi) is 15.6. The fraction of sp³-hybridized carbons (Fsp3) is 1.00. The summed E-state index contributed by atoms with van der Waals surface area (Å²) in [5, 5.41) is 17.4. The second-order valence-electron chi connectivity index (χ2n) is 6.19. The molecule has 0 aromatic heterocycles. The Morgan fingerprint density at radius 1 is 0.652 bits per heavy atom. The Morgan fingerprint density at radius 3 is 1.35 bits per heavy atom. The van der Waals surface area contributed by atoms with Gasteiger partial charge >= 0.3 is 7.82 Å². The quantitative estimate of drug-likeness (QED) is 0.179. The zero-order valence-corrected chi connectivity index (χ0v) is 15.1. The van der Waals surface area contributed by atoms with Crippen LogP contribution in [0.5, 0.6) is 0 Å². The van der Waals surface area contributed by atoms with Crippen LogP contribution < -0.4 is 0 Å². The Hall–Kier alpha value is 0.0300. The molecule has 0 unspecified atom stereocenters. The van der Waals surface area contributed by atoms with E-state index in [4.69, 9.17) is 20.0 Å². The molecule has 0 saturated carbocycles. The molecule has 4 N–H and O–H groups in total. The number of hydrogen-bond donors (Lipinski definition) is 4. The van der Waals surface area contributed by atoms with Crippen LogP contribution in [-0.4, -0.2) is 32.9 Å². The van der Waals surface area contributed by atoms with Gasteiger partial charge in [-0.25, -0.2) is 4.57 Å². The summed E-state index contributed by atoms with van der Waals surface area (Å²) in [7, 11) is -4.28. The van der Waals surface area contributed by atoms with Crippen molar-refractivity contribution in [2.45, 2.75) is 96.2 Å². The second-order valence-corrected chi connectivity index (χ2v) is 7.43. The number of aliphatic hydroxyl groups is 2. The van der Waals surface area contributed by atoms with E-state index in [0.29, 0.717) is 12.8 Å². The molecule has 0 aliphatic carbocycles. The molecule has 0 aromatic rings. The molecule has 0 rings (SSSR count). The predicted octanol–water partition coefficient (Wildman–Crippen LogP) is 3.87. The highest BCUT2D eigenvalue weighted by atomic mass is 31.2. The summed E-state index contributed by atoms with van der Waals surface area (Å²) in [6, 6.07) is 0. The maximum absolute atomic E-state index is 10.4. The van der Waals surface area contributed by atoms with Crippen LogP contribution in [0.1, 0.15) is 89.9 Å². The van der Waals surface area contributed by atoms with Crippen LogP contribution in [0.3, 0.4) is 0 Å². The minimum atomic E-state index is -4.28. The van der Waals surface area contributed by atoms with Gasteiger partial charge in [0.25, 0.3) is 0 Å². The highest BCUT2D eigenvalue weighted by Crippen LogP contribution is 2.35. The molecule has 0 bridgehead atoms. The monoisotopic (exact) mass is 354 g/mol. The molecule has 0 heterocycles. The summed E-state index contributed by atoms with van der Waals surface area (Å²) in [6.07, 6.45) is 14.0. The lowest BCUT2D eigenvalue weighted by atomic mass is 10.0. The van der Waals surface area contributed by atoms with Crippen LogP contribution in [0.25, 0.3) is 0 Å². The van der Waals surface area contributed by atoms with Crippen LogP contribution >= 0.6 is 7.82 Å². The summed E-state index contributed by atoms with van der Waals surface area (Å²) < 4.78 is 14.8. The molecule has 23 heavy (non-hydrogen) atoms. The lowest BCUT2D eigenvalue weighted by molar-refractivity contribution is -0.0466. The standard InChI is InChI=1S/C16H35O6P/c17-16(18)14-12-10-8-6-4-2-1-3-5-7-9-11-13-15-22-23(19,20)21/h16-18H,1-15H2,(H2,19,20,21). The second kappa shape index (κ2) is 15.6. The van der Waals surface area contributed by atoms with Crippen molar-refractivity contribution >= 4 is 7.82 Å². The van der Waals surface area contributed by atoms with Gasteiger partial charge in [-0.3, -0.25) is 4.52 Å². The van der Waals surface area contributed by atoms with Crippen molar-refractivity contribution in [1.29, 1.82) is 0 Å². The zero-order valence-electron chi connectivity index (χ0n) is 14.2. The maximum Gasteiger partial charge on any atom is 0.469 e. The van der Waals surface area contributed by atoms with E-state index in [2.05, 4.69) is 4.52 Å². The van der Waals surface area contributed by atoms with Crippen LogP contribution in [-0.2, 0) is 9.09 Å². The van der Waals surface area contributed by atoms with Crippen molar-refractivity contribution in [3.8, 4) is 0 Å². The summed E-state index contributed by atoms with van der Waals surface area (Å²) in [5.41, 5.74) is 0. The average Bonchev–Trinajstić information content (AvgIpc) is 2.45. The third-order valence-electron chi connectivity index (χ3n) is 3.87. The van der Waals surface area contributed by atoms with E-state index in [1.54, 1.807) is 0 Å². The molecule has 0 aromatic carbocycles. The molecule has 7 heteroatoms. The van der Waals surface area contributed by atoms with Crippen molar-refractivity contribution in [1.82, 2.24) is 0 Å². The first-order valence-electron chi connectivity index (χ1n) is 8.98. The molecule has 140 valence electrons. The number of aliphatic hydroxyl groups excluding tert-OH is 1. The van der Waals surface area contributed by atoms with Crippen molar-refractivity contribution in [3.05, 3.63) is 0 Å². The molecule has 0 atom stereocenters. The fourth-order valence-corrected chi connectivity index (χ4v) is 2.92. The fourth-order valence-electron chi connectivity index (χ4n) is 2.56. The van der Waals surface area contributed by atoms with Crippen LogP contribution in [0.4, 0.5) is 0 Å². The normalized spacial score (nSPS) is 12.2. The maximum atomic E-state index is 10.4. The number of rotatable bonds is 17. The molecule has 0 spiro atoms. The van der Waals surface area contributed by atoms with Crippen LogP contribution in [0, 0.1) is 0 Å². The smallest absolute Gasteiger partial charge is 0.368 e.